The molecule has 0 spiro atoms. The zero-order valence-electron chi connectivity index (χ0n) is 17.2. The molecule has 0 N–H and O–H groups in total. The lowest BCUT2D eigenvalue weighted by Gasteiger charge is -2.30. The van der Waals surface area contributed by atoms with Crippen molar-refractivity contribution in [3.8, 4) is 11.5 Å². The van der Waals surface area contributed by atoms with E-state index in [0.29, 0.717) is 53.4 Å². The third kappa shape index (κ3) is 5.79. The van der Waals surface area contributed by atoms with E-state index in [1.807, 2.05) is 18.2 Å². The van der Waals surface area contributed by atoms with Crippen molar-refractivity contribution < 1.29 is 19.0 Å². The zero-order valence-corrected chi connectivity index (χ0v) is 18.7. The molecule has 6 nitrogen and oxygen atoms in total. The number of nitrogens with zero attached hydrogens (tertiary/aromatic N) is 2. The molecule has 0 radical (unpaired) electrons. The molecule has 1 aliphatic rings. The van der Waals surface area contributed by atoms with Gasteiger partial charge in [0.2, 0.25) is 0 Å². The Morgan fingerprint density at radius 3 is 2.47 bits per heavy atom. The van der Waals surface area contributed by atoms with Crippen molar-refractivity contribution >= 4 is 29.1 Å². The van der Waals surface area contributed by atoms with Gasteiger partial charge in [0.15, 0.2) is 11.5 Å². The predicted octanol–water partition coefficient (Wildman–Crippen LogP) is 3.99. The van der Waals surface area contributed by atoms with Crippen LogP contribution in [0.15, 0.2) is 36.4 Å². The number of rotatable bonds is 8. The first-order valence-electron chi connectivity index (χ1n) is 9.77. The normalized spacial score (nSPS) is 14.4. The summed E-state index contributed by atoms with van der Waals surface area (Å²) in [4.78, 5) is 17.4. The highest BCUT2D eigenvalue weighted by Gasteiger charge is 2.21. The number of halogens is 2. The van der Waals surface area contributed by atoms with Crippen LogP contribution in [0.3, 0.4) is 0 Å². The Morgan fingerprint density at radius 1 is 1.07 bits per heavy atom. The molecule has 1 heterocycles. The topological polar surface area (TPSA) is 51.2 Å². The molecule has 0 bridgehead atoms. The molecule has 1 aliphatic heterocycles. The van der Waals surface area contributed by atoms with Crippen molar-refractivity contribution in [3.63, 3.8) is 0 Å². The van der Waals surface area contributed by atoms with E-state index in [-0.39, 0.29) is 5.91 Å². The van der Waals surface area contributed by atoms with E-state index in [1.54, 1.807) is 37.3 Å². The highest BCUT2D eigenvalue weighted by Crippen LogP contribution is 2.29. The summed E-state index contributed by atoms with van der Waals surface area (Å²) in [5.41, 5.74) is 1.37. The lowest BCUT2D eigenvalue weighted by Crippen LogP contribution is -2.43. The first-order chi connectivity index (χ1) is 14.5. The minimum atomic E-state index is -0.139. The largest absolute Gasteiger partial charge is 0.493 e. The molecule has 0 aromatic heterocycles. The summed E-state index contributed by atoms with van der Waals surface area (Å²) in [5, 5.41) is 0.840. The van der Waals surface area contributed by atoms with Crippen LogP contribution in [0.25, 0.3) is 0 Å². The third-order valence-corrected chi connectivity index (χ3v) is 5.61. The van der Waals surface area contributed by atoms with E-state index in [0.717, 1.165) is 25.2 Å². The maximum Gasteiger partial charge on any atom is 0.255 e. The smallest absolute Gasteiger partial charge is 0.255 e. The standard InChI is InChI=1S/C22H26Cl2N2O4/c1-28-20-6-3-16(13-21(20)29-2)15-26(8-7-25-9-11-30-12-10-25)22(27)18-5-4-17(23)14-19(18)24/h3-6,13-14H,7-12,15H2,1-2H3. The minimum absolute atomic E-state index is 0.139. The lowest BCUT2D eigenvalue weighted by molar-refractivity contribution is 0.0320. The number of carbonyl (C=O) groups excluding carboxylic acids is 1. The molecule has 2 aromatic rings. The zero-order chi connectivity index (χ0) is 21.5. The van der Waals surface area contributed by atoms with Gasteiger partial charge in [-0.05, 0) is 35.9 Å². The maximum atomic E-state index is 13.3. The molecule has 162 valence electrons. The molecule has 0 saturated carbocycles. The molecular weight excluding hydrogens is 427 g/mol. The molecule has 0 unspecified atom stereocenters. The van der Waals surface area contributed by atoms with Crippen LogP contribution >= 0.6 is 23.2 Å². The van der Waals surface area contributed by atoms with Crippen molar-refractivity contribution in [2.75, 3.05) is 53.6 Å². The summed E-state index contributed by atoms with van der Waals surface area (Å²) < 4.78 is 16.1. The van der Waals surface area contributed by atoms with Crippen molar-refractivity contribution in [2.24, 2.45) is 0 Å². The van der Waals surface area contributed by atoms with Crippen LogP contribution in [-0.4, -0.2) is 69.3 Å². The second-order valence-corrected chi connectivity index (χ2v) is 7.84. The molecular formula is C22H26Cl2N2O4. The Balaban J connectivity index is 1.81. The van der Waals surface area contributed by atoms with E-state index in [9.17, 15) is 4.79 Å². The van der Waals surface area contributed by atoms with Gasteiger partial charge in [0.25, 0.3) is 5.91 Å². The van der Waals surface area contributed by atoms with Crippen molar-refractivity contribution in [3.05, 3.63) is 57.6 Å². The second-order valence-electron chi connectivity index (χ2n) is 6.99. The van der Waals surface area contributed by atoms with Gasteiger partial charge in [-0.2, -0.15) is 0 Å². The van der Waals surface area contributed by atoms with Crippen LogP contribution in [0, 0.1) is 0 Å². The Labute approximate surface area is 187 Å². The fourth-order valence-electron chi connectivity index (χ4n) is 3.37. The van der Waals surface area contributed by atoms with E-state index in [1.165, 1.54) is 0 Å². The molecule has 30 heavy (non-hydrogen) atoms. The molecule has 3 rings (SSSR count). The van der Waals surface area contributed by atoms with Gasteiger partial charge in [-0.3, -0.25) is 9.69 Å². The molecule has 1 fully saturated rings. The van der Waals surface area contributed by atoms with E-state index in [2.05, 4.69) is 4.90 Å². The average Bonchev–Trinajstić information content (AvgIpc) is 2.76. The summed E-state index contributed by atoms with van der Waals surface area (Å²) in [6.45, 7) is 4.89. The van der Waals surface area contributed by atoms with Crippen LogP contribution < -0.4 is 9.47 Å². The summed E-state index contributed by atoms with van der Waals surface area (Å²) in [6.07, 6.45) is 0. The number of methoxy groups -OCH3 is 2. The number of benzene rings is 2. The van der Waals surface area contributed by atoms with E-state index >= 15 is 0 Å². The summed E-state index contributed by atoms with van der Waals surface area (Å²) in [5.74, 6) is 1.13. The summed E-state index contributed by atoms with van der Waals surface area (Å²) in [7, 11) is 3.19. The first kappa shape index (κ1) is 22.7. The highest BCUT2D eigenvalue weighted by molar-refractivity contribution is 6.36. The van der Waals surface area contributed by atoms with Gasteiger partial charge >= 0.3 is 0 Å². The summed E-state index contributed by atoms with van der Waals surface area (Å²) in [6, 6.07) is 10.6. The number of ether oxygens (including phenoxy) is 3. The monoisotopic (exact) mass is 452 g/mol. The van der Waals surface area contributed by atoms with Gasteiger partial charge in [-0.25, -0.2) is 0 Å². The first-order valence-corrected chi connectivity index (χ1v) is 10.5. The Morgan fingerprint density at radius 2 is 1.80 bits per heavy atom. The van der Waals surface area contributed by atoms with Crippen LogP contribution in [0.4, 0.5) is 0 Å². The fraction of sp³-hybridized carbons (Fsp3) is 0.409. The van der Waals surface area contributed by atoms with Crippen molar-refractivity contribution in [1.29, 1.82) is 0 Å². The van der Waals surface area contributed by atoms with E-state index < -0.39 is 0 Å². The molecule has 0 atom stereocenters. The number of morpholine rings is 1. The Hall–Kier alpha value is -1.99. The summed E-state index contributed by atoms with van der Waals surface area (Å²) >= 11 is 12.3. The van der Waals surface area contributed by atoms with Crippen LogP contribution in [0.5, 0.6) is 11.5 Å². The molecule has 2 aromatic carbocycles. The second kappa shape index (κ2) is 10.9. The average molecular weight is 453 g/mol. The van der Waals surface area contributed by atoms with Crippen LogP contribution in [0.1, 0.15) is 15.9 Å². The maximum absolute atomic E-state index is 13.3. The van der Waals surface area contributed by atoms with Crippen molar-refractivity contribution in [2.45, 2.75) is 6.54 Å². The number of hydrogen-bond donors (Lipinski definition) is 0. The van der Waals surface area contributed by atoms with Crippen LogP contribution in [0.2, 0.25) is 10.0 Å². The van der Waals surface area contributed by atoms with Gasteiger partial charge in [-0.15, -0.1) is 0 Å². The van der Waals surface area contributed by atoms with E-state index in [4.69, 9.17) is 37.4 Å². The van der Waals surface area contributed by atoms with Gasteiger partial charge in [0.05, 0.1) is 38.0 Å². The number of amides is 1. The van der Waals surface area contributed by atoms with Gasteiger partial charge < -0.3 is 19.1 Å². The Bertz CT molecular complexity index is 872. The third-order valence-electron chi connectivity index (χ3n) is 5.06. The SMILES string of the molecule is COc1ccc(CN(CCN2CCOCC2)C(=O)c2ccc(Cl)cc2Cl)cc1OC. The highest BCUT2D eigenvalue weighted by atomic mass is 35.5. The molecule has 8 heteroatoms. The molecule has 0 aliphatic carbocycles. The lowest BCUT2D eigenvalue weighted by atomic mass is 10.1. The predicted molar refractivity (Wildman–Crippen MR) is 118 cm³/mol. The van der Waals surface area contributed by atoms with Gasteiger partial charge in [0.1, 0.15) is 0 Å². The van der Waals surface area contributed by atoms with Gasteiger partial charge in [0, 0.05) is 37.7 Å². The minimum Gasteiger partial charge on any atom is -0.493 e. The van der Waals surface area contributed by atoms with Crippen LogP contribution in [-0.2, 0) is 11.3 Å². The molecule has 1 amide bonds. The van der Waals surface area contributed by atoms with Gasteiger partial charge in [-0.1, -0.05) is 29.3 Å². The number of hydrogen-bond acceptors (Lipinski definition) is 5. The number of carbonyl (C=O) groups is 1. The van der Waals surface area contributed by atoms with Crippen molar-refractivity contribution in [1.82, 2.24) is 9.80 Å². The quantitative estimate of drug-likeness (QED) is 0.605. The fourth-order valence-corrected chi connectivity index (χ4v) is 3.86. The molecule has 1 saturated heterocycles. The Kier molecular flexibility index (Phi) is 8.22.